The molecule has 3 N–H and O–H groups in total. The molecule has 91 heavy (non-hydrogen) atoms. The van der Waals surface area contributed by atoms with Gasteiger partial charge in [-0.1, -0.05) is 122 Å². The summed E-state index contributed by atoms with van der Waals surface area (Å²) in [7, 11) is 3.73. The molecule has 9 atom stereocenters. The fourth-order valence-electron chi connectivity index (χ4n) is 11.8. The quantitative estimate of drug-likeness (QED) is 0.0273. The maximum Gasteiger partial charge on any atom is 0.306 e. The Morgan fingerprint density at radius 3 is 2.08 bits per heavy atom. The van der Waals surface area contributed by atoms with Crippen molar-refractivity contribution in [1.82, 2.24) is 35.6 Å². The number of likely N-dealkylation sites (N-methyl/N-ethyl adjacent to an activating group) is 1. The van der Waals surface area contributed by atoms with Gasteiger partial charge in [-0.25, -0.2) is 4.98 Å². The van der Waals surface area contributed by atoms with E-state index in [1.807, 2.05) is 78.9 Å². The van der Waals surface area contributed by atoms with Crippen LogP contribution >= 0.6 is 11.3 Å². The minimum Gasteiger partial charge on any atom is -0.461 e. The number of nitrogens with zero attached hydrogens (tertiary/aromatic N) is 4. The van der Waals surface area contributed by atoms with Gasteiger partial charge in [-0.2, -0.15) is 0 Å². The predicted octanol–water partition coefficient (Wildman–Crippen LogP) is 9.07. The molecule has 0 unspecified atom stereocenters. The van der Waals surface area contributed by atoms with E-state index >= 15 is 0 Å². The SMILES string of the molecule is CC[C@H](C)[C@H](CC(=O)[C@H]1CCCCN1C)C(=O)N(C)[C@H](C[C@@H](OC(C)=O)c1nc(C(=O)N[C@@H](Cc2ccccc2)C[C@H](C)C(=O)NCCCC(=O)OCc2ccc(CC(=O)[C@H](C)NC(=O)[C@@H](CC(=O)CCCCCN3C(=O)C=CC3=O)C(C)C)cc2)cs1)C(C)C. The van der Waals surface area contributed by atoms with Crippen LogP contribution in [0.2, 0.25) is 0 Å². The van der Waals surface area contributed by atoms with Crippen LogP contribution in [0.1, 0.15) is 190 Å². The standard InChI is InChI=1S/C70H99N7O13S/c1-12-46(6)56(40-61(81)58-25-18-20-34-75(58)10)70(88)76(11)59(45(4)5)41-62(90-49(9)78)69-74-57(43-91-69)68(87)73-53(37-50-22-15-13-16-23-50)36-47(7)66(85)71-33-21-26-65(84)89-42-52-29-27-51(28-30-52)38-60(80)48(8)72-67(86)55(44(2)3)39-54(79)24-17-14-19-35-77-63(82)31-32-64(77)83/h13,15-16,22-23,27-32,43-48,53,55-56,58-59,62H,12,14,17-21,24-26,33-42H2,1-11H3,(H,71,85)(H,72,86)(H,73,87)/t46-,47-,48-,53+,55-,56-,58+,59+,62+/m0/s1. The van der Waals surface area contributed by atoms with Gasteiger partial charge in [0.05, 0.1) is 12.1 Å². The third kappa shape index (κ3) is 24.1. The van der Waals surface area contributed by atoms with E-state index < -0.39 is 59.8 Å². The number of likely N-dealkylation sites (tertiary alicyclic amines) is 1. The maximum atomic E-state index is 14.5. The number of imide groups is 1. The monoisotopic (exact) mass is 1280 g/mol. The Morgan fingerprint density at radius 2 is 1.44 bits per heavy atom. The van der Waals surface area contributed by atoms with Crippen molar-refractivity contribution in [3.63, 3.8) is 0 Å². The molecule has 1 fully saturated rings. The van der Waals surface area contributed by atoms with Crippen molar-refractivity contribution in [2.24, 2.45) is 35.5 Å². The highest BCUT2D eigenvalue weighted by Crippen LogP contribution is 2.33. The van der Waals surface area contributed by atoms with Gasteiger partial charge in [0.2, 0.25) is 17.7 Å². The van der Waals surface area contributed by atoms with Gasteiger partial charge in [0.15, 0.2) is 17.7 Å². The number of esters is 2. The molecule has 3 aromatic rings. The normalized spacial score (nSPS) is 16.9. The zero-order valence-electron chi connectivity index (χ0n) is 55.4. The van der Waals surface area contributed by atoms with Gasteiger partial charge in [-0.15, -0.1) is 11.3 Å². The molecule has 0 bridgehead atoms. The van der Waals surface area contributed by atoms with Crippen LogP contribution in [0, 0.1) is 35.5 Å². The van der Waals surface area contributed by atoms with Crippen molar-refractivity contribution in [3.8, 4) is 0 Å². The second kappa shape index (κ2) is 37.3. The number of piperidine rings is 1. The van der Waals surface area contributed by atoms with Crippen molar-refractivity contribution in [2.75, 3.05) is 33.7 Å². The van der Waals surface area contributed by atoms with Crippen LogP contribution in [0.3, 0.4) is 0 Å². The summed E-state index contributed by atoms with van der Waals surface area (Å²) in [6.45, 7) is 17.8. The van der Waals surface area contributed by atoms with Crippen molar-refractivity contribution in [1.29, 1.82) is 0 Å². The molecule has 5 rings (SSSR count). The van der Waals surface area contributed by atoms with Gasteiger partial charge in [0.25, 0.3) is 17.7 Å². The summed E-state index contributed by atoms with van der Waals surface area (Å²) in [5.41, 5.74) is 2.47. The predicted molar refractivity (Wildman–Crippen MR) is 348 cm³/mol. The summed E-state index contributed by atoms with van der Waals surface area (Å²) in [6.07, 6.45) is 8.76. The van der Waals surface area contributed by atoms with Crippen molar-refractivity contribution in [2.45, 2.75) is 202 Å². The molecule has 1 saturated heterocycles. The molecular weight excluding hydrogens is 1180 g/mol. The lowest BCUT2D eigenvalue weighted by atomic mass is 9.83. The molecule has 0 aliphatic carbocycles. The number of hydrogen-bond donors (Lipinski definition) is 3. The van der Waals surface area contributed by atoms with Gasteiger partial charge < -0.3 is 30.3 Å². The Kier molecular flexibility index (Phi) is 30.5. The Bertz CT molecular complexity index is 2960. The Morgan fingerprint density at radius 1 is 0.758 bits per heavy atom. The van der Waals surface area contributed by atoms with Crippen LogP contribution in [0.4, 0.5) is 0 Å². The summed E-state index contributed by atoms with van der Waals surface area (Å²) in [5, 5.41) is 10.8. The number of carbonyl (C=O) groups excluding carboxylic acids is 11. The first-order valence-corrected chi connectivity index (χ1v) is 33.5. The number of thiazole rings is 1. The van der Waals surface area contributed by atoms with Crippen LogP contribution in [-0.4, -0.2) is 142 Å². The summed E-state index contributed by atoms with van der Waals surface area (Å²) in [4.78, 5) is 154. The summed E-state index contributed by atoms with van der Waals surface area (Å²) >= 11 is 1.18. The van der Waals surface area contributed by atoms with Gasteiger partial charge in [0, 0.05) is 113 Å². The number of hydrogen-bond acceptors (Lipinski definition) is 16. The summed E-state index contributed by atoms with van der Waals surface area (Å²) < 4.78 is 11.4. The Hall–Kier alpha value is -7.26. The van der Waals surface area contributed by atoms with E-state index in [1.165, 1.54) is 35.3 Å². The molecule has 20 nitrogen and oxygen atoms in total. The first kappa shape index (κ1) is 74.5. The first-order valence-electron chi connectivity index (χ1n) is 32.6. The number of ketones is 3. The lowest BCUT2D eigenvalue weighted by Gasteiger charge is -2.37. The first-order chi connectivity index (χ1) is 43.3. The Labute approximate surface area is 542 Å². The van der Waals surface area contributed by atoms with Crippen LogP contribution < -0.4 is 16.0 Å². The van der Waals surface area contributed by atoms with E-state index in [2.05, 4.69) is 20.9 Å². The van der Waals surface area contributed by atoms with Crippen molar-refractivity contribution < 1.29 is 62.2 Å². The smallest absolute Gasteiger partial charge is 0.306 e. The highest BCUT2D eigenvalue weighted by molar-refractivity contribution is 7.09. The average Bonchev–Trinajstić information content (AvgIpc) is 2.38. The van der Waals surface area contributed by atoms with Crippen LogP contribution in [0.5, 0.6) is 0 Å². The molecule has 1 aromatic heterocycles. The van der Waals surface area contributed by atoms with E-state index in [4.69, 9.17) is 14.5 Å². The lowest BCUT2D eigenvalue weighted by molar-refractivity contribution is -0.150. The molecule has 21 heteroatoms. The molecular formula is C70H99N7O13S. The molecule has 0 saturated carbocycles. The second-order valence-corrected chi connectivity index (χ2v) is 26.5. The van der Waals surface area contributed by atoms with E-state index in [-0.39, 0.29) is 134 Å². The number of rotatable bonds is 39. The van der Waals surface area contributed by atoms with Gasteiger partial charge in [0.1, 0.15) is 23.1 Å². The number of nitrogens with one attached hydrogen (secondary N) is 3. The molecule has 6 amide bonds. The highest BCUT2D eigenvalue weighted by Gasteiger charge is 2.38. The van der Waals surface area contributed by atoms with E-state index in [1.54, 1.807) is 55.4 Å². The third-order valence-electron chi connectivity index (χ3n) is 17.7. The third-order valence-corrected chi connectivity index (χ3v) is 18.6. The van der Waals surface area contributed by atoms with Gasteiger partial charge in [-0.05, 0) is 99.9 Å². The number of Topliss-reactive ketones (excluding diaryl/α,β-unsaturated/α-hetero) is 3. The maximum absolute atomic E-state index is 14.5. The number of aromatic nitrogens is 1. The van der Waals surface area contributed by atoms with Crippen LogP contribution in [0.15, 0.2) is 72.1 Å². The topological polar surface area (TPSA) is 265 Å². The Balaban J connectivity index is 1.06. The number of carbonyl (C=O) groups is 11. The molecule has 2 aliphatic rings. The fraction of sp³-hybridized carbons (Fsp3) is 0.600. The molecule has 2 aliphatic heterocycles. The highest BCUT2D eigenvalue weighted by atomic mass is 32.1. The van der Waals surface area contributed by atoms with E-state index in [9.17, 15) is 52.7 Å². The summed E-state index contributed by atoms with van der Waals surface area (Å²) in [6, 6.07) is 14.7. The molecule has 0 spiro atoms. The zero-order valence-corrected chi connectivity index (χ0v) is 56.2. The molecule has 3 heterocycles. The minimum absolute atomic E-state index is 0.00108. The average molecular weight is 1280 g/mol. The van der Waals surface area contributed by atoms with Crippen molar-refractivity contribution in [3.05, 3.63) is 99.5 Å². The van der Waals surface area contributed by atoms with Gasteiger partial charge >= 0.3 is 11.9 Å². The second-order valence-electron chi connectivity index (χ2n) is 25.6. The largest absolute Gasteiger partial charge is 0.461 e. The van der Waals surface area contributed by atoms with Crippen molar-refractivity contribution >= 4 is 76.1 Å². The van der Waals surface area contributed by atoms with Crippen LogP contribution in [0.25, 0.3) is 0 Å². The molecule has 0 radical (unpaired) electrons. The summed E-state index contributed by atoms with van der Waals surface area (Å²) in [5.74, 6) is -4.98. The molecule has 498 valence electrons. The number of ether oxygens (including phenoxy) is 2. The minimum atomic E-state index is -0.873. The molecule has 2 aromatic carbocycles. The number of amides is 6. The number of benzene rings is 2. The van der Waals surface area contributed by atoms with Gasteiger partial charge in [-0.3, -0.25) is 62.5 Å². The zero-order chi connectivity index (χ0) is 66.9. The van der Waals surface area contributed by atoms with E-state index in [0.717, 1.165) is 37.8 Å². The lowest BCUT2D eigenvalue weighted by Crippen LogP contribution is -2.48. The van der Waals surface area contributed by atoms with Crippen LogP contribution in [-0.2, 0) is 76.9 Å². The number of unbranched alkanes of at least 4 members (excludes halogenated alkanes) is 2. The fourth-order valence-corrected chi connectivity index (χ4v) is 12.6. The van der Waals surface area contributed by atoms with E-state index in [0.29, 0.717) is 54.8 Å².